The molecule has 3 aromatic rings. The smallest absolute Gasteiger partial charge is 0.118 e. The van der Waals surface area contributed by atoms with E-state index in [4.69, 9.17) is 14.2 Å². The summed E-state index contributed by atoms with van der Waals surface area (Å²) in [7, 11) is 5.04. The summed E-state index contributed by atoms with van der Waals surface area (Å²) in [6.45, 7) is 12.0. The summed E-state index contributed by atoms with van der Waals surface area (Å²) in [5, 5.41) is 0. The molecule has 0 saturated carbocycles. The average Bonchev–Trinajstić information content (AvgIpc) is 2.89. The molecular weight excluding hydrogens is 384 g/mol. The number of hydrogen-bond donors (Lipinski definition) is 0. The lowest BCUT2D eigenvalue weighted by molar-refractivity contribution is 0.414. The Bertz CT molecular complexity index is 678. The van der Waals surface area contributed by atoms with Crippen LogP contribution in [-0.2, 0) is 0 Å². The number of rotatable bonds is 6. The zero-order valence-electron chi connectivity index (χ0n) is 20.7. The topological polar surface area (TPSA) is 27.7 Å². The minimum absolute atomic E-state index is 0.128. The first-order valence-corrected chi connectivity index (χ1v) is 11.2. The molecule has 0 saturated heterocycles. The van der Waals surface area contributed by atoms with Gasteiger partial charge in [-0.1, -0.05) is 77.9 Å². The van der Waals surface area contributed by atoms with Gasteiger partial charge in [-0.15, -0.1) is 0 Å². The van der Waals surface area contributed by atoms with Gasteiger partial charge in [-0.2, -0.15) is 0 Å². The van der Waals surface area contributed by atoms with Crippen molar-refractivity contribution in [3.05, 3.63) is 89.5 Å². The van der Waals surface area contributed by atoms with Crippen molar-refractivity contribution >= 4 is 0 Å². The predicted molar refractivity (Wildman–Crippen MR) is 134 cm³/mol. The standard InChI is InChI=1S/C22H22O3.3C2H6/c1-23-19-10-4-16(5-11-19)22(17-6-12-20(24-2)13-7-17)18-8-14-21(25-3)15-9-18;3*1-2/h4-15,22H,1-3H3;3*1-2H3. The number of methoxy groups -OCH3 is 3. The summed E-state index contributed by atoms with van der Waals surface area (Å²) in [6.07, 6.45) is 0. The fraction of sp³-hybridized carbons (Fsp3) is 0.357. The van der Waals surface area contributed by atoms with Crippen molar-refractivity contribution < 1.29 is 14.2 Å². The third kappa shape index (κ3) is 8.37. The highest BCUT2D eigenvalue weighted by Gasteiger charge is 2.17. The fourth-order valence-electron chi connectivity index (χ4n) is 2.97. The normalized spacial score (nSPS) is 9.10. The molecule has 3 heteroatoms. The van der Waals surface area contributed by atoms with Crippen LogP contribution in [0.1, 0.15) is 64.2 Å². The minimum atomic E-state index is 0.128. The van der Waals surface area contributed by atoms with Crippen molar-refractivity contribution in [2.24, 2.45) is 0 Å². The van der Waals surface area contributed by atoms with Gasteiger partial charge in [0.15, 0.2) is 0 Å². The van der Waals surface area contributed by atoms with Crippen LogP contribution in [0, 0.1) is 0 Å². The molecule has 0 spiro atoms. The maximum absolute atomic E-state index is 5.29. The lowest BCUT2D eigenvalue weighted by Gasteiger charge is -2.20. The molecule has 0 aliphatic carbocycles. The van der Waals surface area contributed by atoms with Crippen molar-refractivity contribution in [1.82, 2.24) is 0 Å². The van der Waals surface area contributed by atoms with Crippen LogP contribution in [0.3, 0.4) is 0 Å². The molecule has 0 atom stereocenters. The average molecular weight is 425 g/mol. The molecule has 0 N–H and O–H groups in total. The van der Waals surface area contributed by atoms with Crippen LogP contribution in [-0.4, -0.2) is 21.3 Å². The second-order valence-corrected chi connectivity index (χ2v) is 5.75. The van der Waals surface area contributed by atoms with Gasteiger partial charge in [0, 0.05) is 5.92 Å². The van der Waals surface area contributed by atoms with E-state index >= 15 is 0 Å². The van der Waals surface area contributed by atoms with E-state index in [1.165, 1.54) is 16.7 Å². The zero-order valence-corrected chi connectivity index (χ0v) is 20.7. The van der Waals surface area contributed by atoms with Crippen LogP contribution < -0.4 is 14.2 Å². The van der Waals surface area contributed by atoms with Crippen molar-refractivity contribution in [3.8, 4) is 17.2 Å². The Morgan fingerprint density at radius 2 is 0.581 bits per heavy atom. The summed E-state index contributed by atoms with van der Waals surface area (Å²) in [5.41, 5.74) is 3.61. The molecule has 3 nitrogen and oxygen atoms in total. The van der Waals surface area contributed by atoms with E-state index in [1.807, 2.05) is 77.9 Å². The van der Waals surface area contributed by atoms with Crippen molar-refractivity contribution in [3.63, 3.8) is 0 Å². The molecule has 0 amide bonds. The highest BCUT2D eigenvalue weighted by Crippen LogP contribution is 2.34. The van der Waals surface area contributed by atoms with Crippen molar-refractivity contribution in [2.75, 3.05) is 21.3 Å². The van der Waals surface area contributed by atoms with Gasteiger partial charge in [0.2, 0.25) is 0 Å². The van der Waals surface area contributed by atoms with Gasteiger partial charge in [0.25, 0.3) is 0 Å². The molecule has 170 valence electrons. The van der Waals surface area contributed by atoms with Crippen LogP contribution in [0.25, 0.3) is 0 Å². The lowest BCUT2D eigenvalue weighted by Crippen LogP contribution is -2.03. The molecule has 3 rings (SSSR count). The molecule has 0 fully saturated rings. The Kier molecular flexibility index (Phi) is 15.2. The Hall–Kier alpha value is -2.94. The Labute approximate surface area is 190 Å². The third-order valence-electron chi connectivity index (χ3n) is 4.35. The predicted octanol–water partition coefficient (Wildman–Crippen LogP) is 7.97. The zero-order chi connectivity index (χ0) is 23.6. The first-order chi connectivity index (χ1) is 15.2. The Morgan fingerprint density at radius 3 is 0.742 bits per heavy atom. The molecule has 0 aromatic heterocycles. The molecule has 0 heterocycles. The van der Waals surface area contributed by atoms with E-state index in [-0.39, 0.29) is 5.92 Å². The monoisotopic (exact) mass is 424 g/mol. The third-order valence-corrected chi connectivity index (χ3v) is 4.35. The molecular formula is C28H40O3. The fourth-order valence-corrected chi connectivity index (χ4v) is 2.97. The van der Waals surface area contributed by atoms with E-state index in [0.29, 0.717) is 0 Å². The van der Waals surface area contributed by atoms with Crippen LogP contribution in [0.2, 0.25) is 0 Å². The van der Waals surface area contributed by atoms with E-state index in [1.54, 1.807) is 21.3 Å². The molecule has 0 radical (unpaired) electrons. The van der Waals surface area contributed by atoms with Gasteiger partial charge < -0.3 is 14.2 Å². The van der Waals surface area contributed by atoms with Gasteiger partial charge in [-0.25, -0.2) is 0 Å². The molecule has 31 heavy (non-hydrogen) atoms. The lowest BCUT2D eigenvalue weighted by atomic mass is 9.85. The maximum atomic E-state index is 5.29. The van der Waals surface area contributed by atoms with E-state index < -0.39 is 0 Å². The van der Waals surface area contributed by atoms with Gasteiger partial charge in [-0.3, -0.25) is 0 Å². The van der Waals surface area contributed by atoms with Gasteiger partial charge in [0.1, 0.15) is 17.2 Å². The van der Waals surface area contributed by atoms with Gasteiger partial charge in [-0.05, 0) is 53.1 Å². The highest BCUT2D eigenvalue weighted by molar-refractivity contribution is 5.46. The first-order valence-electron chi connectivity index (χ1n) is 11.2. The summed E-state index contributed by atoms with van der Waals surface area (Å²) in [6, 6.07) is 24.6. The van der Waals surface area contributed by atoms with Crippen LogP contribution in [0.4, 0.5) is 0 Å². The number of hydrogen-bond acceptors (Lipinski definition) is 3. The molecule has 0 aliphatic heterocycles. The van der Waals surface area contributed by atoms with E-state index in [0.717, 1.165) is 17.2 Å². The second-order valence-electron chi connectivity index (χ2n) is 5.75. The molecule has 0 unspecified atom stereocenters. The van der Waals surface area contributed by atoms with E-state index in [9.17, 15) is 0 Å². The summed E-state index contributed by atoms with van der Waals surface area (Å²) >= 11 is 0. The largest absolute Gasteiger partial charge is 0.497 e. The summed E-state index contributed by atoms with van der Waals surface area (Å²) in [4.78, 5) is 0. The summed E-state index contributed by atoms with van der Waals surface area (Å²) in [5.74, 6) is 2.69. The SMILES string of the molecule is CC.CC.CC.COc1ccc(C(c2ccc(OC)cc2)c2ccc(OC)cc2)cc1. The Morgan fingerprint density at radius 1 is 0.387 bits per heavy atom. The highest BCUT2D eigenvalue weighted by atomic mass is 16.5. The molecule has 0 bridgehead atoms. The van der Waals surface area contributed by atoms with Crippen LogP contribution in [0.15, 0.2) is 72.8 Å². The summed E-state index contributed by atoms with van der Waals surface area (Å²) < 4.78 is 15.9. The first kappa shape index (κ1) is 28.1. The second kappa shape index (κ2) is 16.8. The van der Waals surface area contributed by atoms with Crippen molar-refractivity contribution in [1.29, 1.82) is 0 Å². The number of benzene rings is 3. The van der Waals surface area contributed by atoms with Crippen molar-refractivity contribution in [2.45, 2.75) is 47.5 Å². The quantitative estimate of drug-likeness (QED) is 0.375. The minimum Gasteiger partial charge on any atom is -0.497 e. The molecule has 3 aromatic carbocycles. The Balaban J connectivity index is 0.00000138. The van der Waals surface area contributed by atoms with E-state index in [2.05, 4.69) is 36.4 Å². The molecule has 0 aliphatic rings. The maximum Gasteiger partial charge on any atom is 0.118 e. The number of ether oxygens (including phenoxy) is 3. The van der Waals surface area contributed by atoms with Gasteiger partial charge in [0.05, 0.1) is 21.3 Å². The van der Waals surface area contributed by atoms with Gasteiger partial charge >= 0.3 is 0 Å². The van der Waals surface area contributed by atoms with Crippen LogP contribution in [0.5, 0.6) is 17.2 Å². The van der Waals surface area contributed by atoms with Crippen LogP contribution >= 0.6 is 0 Å².